The smallest absolute Gasteiger partial charge is 0.260 e. The highest BCUT2D eigenvalue weighted by Gasteiger charge is 2.17. The number of halogens is 1. The summed E-state index contributed by atoms with van der Waals surface area (Å²) in [6.45, 7) is 3.99. The second kappa shape index (κ2) is 6.14. The molecule has 0 saturated heterocycles. The van der Waals surface area contributed by atoms with Gasteiger partial charge in [0.15, 0.2) is 0 Å². The van der Waals surface area contributed by atoms with E-state index in [1.165, 1.54) is 0 Å². The Hall–Kier alpha value is -2.43. The summed E-state index contributed by atoms with van der Waals surface area (Å²) in [5.41, 5.74) is 3.70. The number of aromatic nitrogens is 2. The van der Waals surface area contributed by atoms with E-state index in [-0.39, 0.29) is 5.56 Å². The van der Waals surface area contributed by atoms with E-state index in [0.29, 0.717) is 11.2 Å². The van der Waals surface area contributed by atoms with Crippen molar-refractivity contribution in [2.24, 2.45) is 0 Å². The molecule has 0 fully saturated rings. The maximum absolute atomic E-state index is 12.8. The number of benzene rings is 2. The summed E-state index contributed by atoms with van der Waals surface area (Å²) >= 11 is 7.68. The molecule has 0 saturated carbocycles. The third-order valence-electron chi connectivity index (χ3n) is 4.23. The zero-order valence-electron chi connectivity index (χ0n) is 13.8. The molecule has 0 spiro atoms. The third kappa shape index (κ3) is 2.77. The summed E-state index contributed by atoms with van der Waals surface area (Å²) in [5, 5.41) is 1.36. The van der Waals surface area contributed by atoms with Crippen LogP contribution in [0.3, 0.4) is 0 Å². The molecule has 0 aliphatic heterocycles. The average Bonchev–Trinajstić information content (AvgIpc) is 2.94. The molecular formula is C20H15ClN2OS. The van der Waals surface area contributed by atoms with Gasteiger partial charge in [0, 0.05) is 21.0 Å². The van der Waals surface area contributed by atoms with E-state index in [1.807, 2.05) is 62.4 Å². The molecule has 124 valence electrons. The molecular weight excluding hydrogens is 352 g/mol. The van der Waals surface area contributed by atoms with Crippen molar-refractivity contribution >= 4 is 33.2 Å². The maximum atomic E-state index is 12.8. The van der Waals surface area contributed by atoms with Gasteiger partial charge in [-0.3, -0.25) is 4.79 Å². The number of hydrogen-bond donors (Lipinski definition) is 1. The van der Waals surface area contributed by atoms with Crippen molar-refractivity contribution in [2.45, 2.75) is 13.8 Å². The maximum Gasteiger partial charge on any atom is 0.260 e. The number of hydrogen-bond acceptors (Lipinski definition) is 3. The quantitative estimate of drug-likeness (QED) is 0.502. The minimum atomic E-state index is -0.115. The topological polar surface area (TPSA) is 45.8 Å². The number of aryl methyl sites for hydroxylation is 2. The predicted octanol–water partition coefficient (Wildman–Crippen LogP) is 5.59. The van der Waals surface area contributed by atoms with Crippen molar-refractivity contribution in [1.29, 1.82) is 0 Å². The number of thiophene rings is 1. The van der Waals surface area contributed by atoms with Crippen LogP contribution in [0.25, 0.3) is 32.7 Å². The standard InChI is InChI=1S/C20H15ClN2OS/c1-11-10-14(8-9-15(11)21)16-12(2)25-20-17(16)19(24)22-18(23-20)13-6-4-3-5-7-13/h3-10H,1-2H3,(H,22,23,24). The molecule has 5 heteroatoms. The molecule has 4 rings (SSSR count). The molecule has 0 amide bonds. The number of nitrogens with one attached hydrogen (secondary N) is 1. The lowest BCUT2D eigenvalue weighted by atomic mass is 10.0. The van der Waals surface area contributed by atoms with Crippen LogP contribution in [0, 0.1) is 13.8 Å². The van der Waals surface area contributed by atoms with Gasteiger partial charge in [0.2, 0.25) is 0 Å². The van der Waals surface area contributed by atoms with E-state index in [0.717, 1.165) is 37.0 Å². The van der Waals surface area contributed by atoms with Gasteiger partial charge in [-0.1, -0.05) is 48.0 Å². The molecule has 25 heavy (non-hydrogen) atoms. The highest BCUT2D eigenvalue weighted by atomic mass is 35.5. The molecule has 0 unspecified atom stereocenters. The number of aromatic amines is 1. The molecule has 0 aliphatic carbocycles. The number of H-pyrrole nitrogens is 1. The van der Waals surface area contributed by atoms with Crippen LogP contribution >= 0.6 is 22.9 Å². The van der Waals surface area contributed by atoms with Crippen LogP contribution in [0.4, 0.5) is 0 Å². The Labute approximate surface area is 154 Å². The average molecular weight is 367 g/mol. The molecule has 2 heterocycles. The molecule has 0 aliphatic rings. The largest absolute Gasteiger partial charge is 0.306 e. The highest BCUT2D eigenvalue weighted by Crippen LogP contribution is 2.37. The second-order valence-corrected chi connectivity index (χ2v) is 7.57. The molecule has 3 nitrogen and oxygen atoms in total. The van der Waals surface area contributed by atoms with Crippen molar-refractivity contribution in [3.8, 4) is 22.5 Å². The van der Waals surface area contributed by atoms with Gasteiger partial charge in [0.1, 0.15) is 10.7 Å². The first-order valence-corrected chi connectivity index (χ1v) is 9.09. The summed E-state index contributed by atoms with van der Waals surface area (Å²) in [6, 6.07) is 15.5. The fourth-order valence-corrected chi connectivity index (χ4v) is 4.16. The van der Waals surface area contributed by atoms with Gasteiger partial charge in [-0.2, -0.15) is 0 Å². The zero-order valence-corrected chi connectivity index (χ0v) is 15.3. The van der Waals surface area contributed by atoms with Crippen LogP contribution in [-0.2, 0) is 0 Å². The van der Waals surface area contributed by atoms with E-state index < -0.39 is 0 Å². The van der Waals surface area contributed by atoms with Gasteiger partial charge in [-0.25, -0.2) is 4.98 Å². The SMILES string of the molecule is Cc1cc(-c2c(C)sc3nc(-c4ccccc4)[nH]c(=O)c23)ccc1Cl. The molecule has 0 radical (unpaired) electrons. The fraction of sp³-hybridized carbons (Fsp3) is 0.100. The summed E-state index contributed by atoms with van der Waals surface area (Å²) < 4.78 is 0. The second-order valence-electron chi connectivity index (χ2n) is 5.96. The normalized spacial score (nSPS) is 11.2. The summed E-state index contributed by atoms with van der Waals surface area (Å²) in [7, 11) is 0. The van der Waals surface area contributed by atoms with Gasteiger partial charge in [0.25, 0.3) is 5.56 Å². The molecule has 1 N–H and O–H groups in total. The van der Waals surface area contributed by atoms with Crippen LogP contribution in [0.1, 0.15) is 10.4 Å². The van der Waals surface area contributed by atoms with Crippen LogP contribution in [0.5, 0.6) is 0 Å². The van der Waals surface area contributed by atoms with Gasteiger partial charge in [0.05, 0.1) is 5.39 Å². The lowest BCUT2D eigenvalue weighted by molar-refractivity contribution is 1.19. The number of nitrogens with zero attached hydrogens (tertiary/aromatic N) is 1. The Morgan fingerprint density at radius 2 is 1.80 bits per heavy atom. The fourth-order valence-electron chi connectivity index (χ4n) is 3.00. The Bertz CT molecular complexity index is 1150. The third-order valence-corrected chi connectivity index (χ3v) is 5.66. The van der Waals surface area contributed by atoms with Gasteiger partial charge in [-0.05, 0) is 37.1 Å². The molecule has 0 atom stereocenters. The van der Waals surface area contributed by atoms with Gasteiger partial charge in [-0.15, -0.1) is 11.3 Å². The van der Waals surface area contributed by atoms with Gasteiger partial charge >= 0.3 is 0 Å². The van der Waals surface area contributed by atoms with Crippen molar-refractivity contribution in [3.63, 3.8) is 0 Å². The van der Waals surface area contributed by atoms with Crippen LogP contribution in [-0.4, -0.2) is 9.97 Å². The number of rotatable bonds is 2. The Kier molecular flexibility index (Phi) is 3.94. The highest BCUT2D eigenvalue weighted by molar-refractivity contribution is 7.19. The predicted molar refractivity (Wildman–Crippen MR) is 106 cm³/mol. The first-order chi connectivity index (χ1) is 12.0. The van der Waals surface area contributed by atoms with E-state index in [9.17, 15) is 4.79 Å². The molecule has 0 bridgehead atoms. The van der Waals surface area contributed by atoms with Crippen molar-refractivity contribution in [3.05, 3.63) is 74.3 Å². The summed E-state index contributed by atoms with van der Waals surface area (Å²) in [4.78, 5) is 22.3. The molecule has 2 aromatic heterocycles. The van der Waals surface area contributed by atoms with Crippen molar-refractivity contribution < 1.29 is 0 Å². The van der Waals surface area contributed by atoms with Gasteiger partial charge < -0.3 is 4.98 Å². The van der Waals surface area contributed by atoms with Crippen LogP contribution in [0.15, 0.2) is 53.3 Å². The van der Waals surface area contributed by atoms with E-state index in [4.69, 9.17) is 16.6 Å². The van der Waals surface area contributed by atoms with Crippen molar-refractivity contribution in [2.75, 3.05) is 0 Å². The van der Waals surface area contributed by atoms with Crippen molar-refractivity contribution in [1.82, 2.24) is 9.97 Å². The Balaban J connectivity index is 1.97. The van der Waals surface area contributed by atoms with E-state index >= 15 is 0 Å². The lowest BCUT2D eigenvalue weighted by Gasteiger charge is -2.05. The Morgan fingerprint density at radius 3 is 2.52 bits per heavy atom. The first-order valence-electron chi connectivity index (χ1n) is 7.90. The van der Waals surface area contributed by atoms with E-state index in [2.05, 4.69) is 4.98 Å². The zero-order chi connectivity index (χ0) is 17.6. The first kappa shape index (κ1) is 16.1. The van der Waals surface area contributed by atoms with Crippen LogP contribution in [0.2, 0.25) is 5.02 Å². The minimum Gasteiger partial charge on any atom is -0.306 e. The van der Waals surface area contributed by atoms with E-state index in [1.54, 1.807) is 11.3 Å². The van der Waals surface area contributed by atoms with Crippen LogP contribution < -0.4 is 5.56 Å². The molecule has 2 aromatic carbocycles. The Morgan fingerprint density at radius 1 is 1.04 bits per heavy atom. The minimum absolute atomic E-state index is 0.115. The molecule has 4 aromatic rings. The summed E-state index contributed by atoms with van der Waals surface area (Å²) in [5.74, 6) is 0.596. The summed E-state index contributed by atoms with van der Waals surface area (Å²) in [6.07, 6.45) is 0. The monoisotopic (exact) mass is 366 g/mol. The lowest BCUT2D eigenvalue weighted by Crippen LogP contribution is -2.09. The number of fused-ring (bicyclic) bond motifs is 1.